The number of carbonyl (C=O) groups is 4. The Balaban J connectivity index is 1.61. The second-order valence-electron chi connectivity index (χ2n) is 11.0. The summed E-state index contributed by atoms with van der Waals surface area (Å²) < 4.78 is 94.1. The highest BCUT2D eigenvalue weighted by molar-refractivity contribution is 6.02. The molecule has 1 N–H and O–H groups in total. The molecule has 0 spiro atoms. The highest BCUT2D eigenvalue weighted by Crippen LogP contribution is 2.39. The van der Waals surface area contributed by atoms with E-state index >= 15 is 0 Å². The average molecular weight is 616 g/mol. The van der Waals surface area contributed by atoms with Gasteiger partial charge in [-0.05, 0) is 60.4 Å². The highest BCUT2D eigenvalue weighted by Gasteiger charge is 2.42. The Labute approximate surface area is 242 Å². The van der Waals surface area contributed by atoms with Gasteiger partial charge in [0.2, 0.25) is 23.6 Å². The molecule has 0 aliphatic carbocycles. The van der Waals surface area contributed by atoms with E-state index in [0.717, 1.165) is 4.90 Å². The molecule has 0 bridgehead atoms. The number of piperidine rings is 2. The summed E-state index contributed by atoms with van der Waals surface area (Å²) in [5, 5.41) is 2.13. The zero-order chi connectivity index (χ0) is 31.9. The van der Waals surface area contributed by atoms with Gasteiger partial charge in [0.25, 0.3) is 0 Å². The van der Waals surface area contributed by atoms with Crippen molar-refractivity contribution in [3.63, 3.8) is 0 Å². The number of alkyl halides is 6. The summed E-state index contributed by atoms with van der Waals surface area (Å²) in [5.41, 5.74) is -2.37. The molecule has 2 aromatic rings. The maximum atomic E-state index is 13.9. The van der Waals surface area contributed by atoms with Crippen LogP contribution in [0.5, 0.6) is 0 Å². The van der Waals surface area contributed by atoms with E-state index in [0.29, 0.717) is 23.3 Å². The smallest absolute Gasteiger partial charge is 0.342 e. The van der Waals surface area contributed by atoms with Gasteiger partial charge in [0.05, 0.1) is 17.0 Å². The number of hydrogen-bond donors (Lipinski definition) is 1. The summed E-state index contributed by atoms with van der Waals surface area (Å²) >= 11 is 0. The summed E-state index contributed by atoms with van der Waals surface area (Å²) in [4.78, 5) is 53.1. The lowest BCUT2D eigenvalue weighted by atomic mass is 9.77. The molecule has 2 heterocycles. The van der Waals surface area contributed by atoms with E-state index in [-0.39, 0.29) is 44.0 Å². The van der Waals surface area contributed by atoms with Crippen LogP contribution >= 0.6 is 0 Å². The average Bonchev–Trinajstić information content (AvgIpc) is 2.90. The second kappa shape index (κ2) is 12.0. The number of imide groups is 1. The number of halogens is 7. The van der Waals surface area contributed by atoms with Crippen molar-refractivity contribution in [2.75, 3.05) is 20.1 Å². The lowest BCUT2D eigenvalue weighted by Gasteiger charge is -2.41. The molecule has 232 valence electrons. The van der Waals surface area contributed by atoms with Crippen molar-refractivity contribution >= 4 is 23.6 Å². The molecule has 2 unspecified atom stereocenters. The summed E-state index contributed by atoms with van der Waals surface area (Å²) in [7, 11) is 1.26. The number of aryl methyl sites for hydroxylation is 1. The fourth-order valence-corrected chi connectivity index (χ4v) is 5.77. The van der Waals surface area contributed by atoms with Crippen LogP contribution in [0.25, 0.3) is 0 Å². The summed E-state index contributed by atoms with van der Waals surface area (Å²) in [5.74, 6) is -5.23. The second-order valence-corrected chi connectivity index (χ2v) is 11.0. The van der Waals surface area contributed by atoms with Crippen molar-refractivity contribution in [1.29, 1.82) is 0 Å². The number of rotatable bonds is 5. The van der Waals surface area contributed by atoms with E-state index < -0.39 is 77.2 Å². The molecule has 4 rings (SSSR count). The largest absolute Gasteiger partial charge is 0.416 e. The van der Waals surface area contributed by atoms with Crippen LogP contribution in [0.4, 0.5) is 30.7 Å². The Morgan fingerprint density at radius 1 is 0.953 bits per heavy atom. The number of hydrogen-bond acceptors (Lipinski definition) is 4. The van der Waals surface area contributed by atoms with Gasteiger partial charge in [0, 0.05) is 51.4 Å². The van der Waals surface area contributed by atoms with E-state index in [4.69, 9.17) is 0 Å². The van der Waals surface area contributed by atoms with Gasteiger partial charge in [-0.2, -0.15) is 26.3 Å². The highest BCUT2D eigenvalue weighted by atomic mass is 19.4. The number of nitrogens with zero attached hydrogens (tertiary/aromatic N) is 2. The number of carbonyl (C=O) groups excluding carboxylic acids is 4. The van der Waals surface area contributed by atoms with E-state index in [1.807, 2.05) is 0 Å². The van der Waals surface area contributed by atoms with E-state index in [2.05, 4.69) is 5.32 Å². The molecular formula is C29H28F7N3O4. The molecule has 7 nitrogen and oxygen atoms in total. The maximum absolute atomic E-state index is 13.9. The minimum atomic E-state index is -5.05. The van der Waals surface area contributed by atoms with Gasteiger partial charge in [-0.1, -0.05) is 6.07 Å². The van der Waals surface area contributed by atoms with E-state index in [1.54, 1.807) is 6.92 Å². The molecule has 2 aliphatic rings. The first-order chi connectivity index (χ1) is 19.9. The number of benzene rings is 2. The quantitative estimate of drug-likeness (QED) is 0.387. The van der Waals surface area contributed by atoms with Crippen LogP contribution in [0.1, 0.15) is 53.0 Å². The molecule has 0 radical (unpaired) electrons. The van der Waals surface area contributed by atoms with Gasteiger partial charge >= 0.3 is 12.4 Å². The predicted molar refractivity (Wildman–Crippen MR) is 137 cm³/mol. The molecular weight excluding hydrogens is 587 g/mol. The van der Waals surface area contributed by atoms with Gasteiger partial charge in [-0.3, -0.25) is 24.5 Å². The van der Waals surface area contributed by atoms with Gasteiger partial charge in [-0.15, -0.1) is 0 Å². The molecule has 0 aromatic heterocycles. The number of likely N-dealkylation sites (tertiary alicyclic amines) is 1. The molecule has 4 amide bonds. The first-order valence-electron chi connectivity index (χ1n) is 13.3. The van der Waals surface area contributed by atoms with Crippen LogP contribution in [0.3, 0.4) is 0 Å². The molecule has 14 heteroatoms. The minimum Gasteiger partial charge on any atom is -0.342 e. The zero-order valence-corrected chi connectivity index (χ0v) is 23.1. The van der Waals surface area contributed by atoms with Crippen LogP contribution in [0, 0.1) is 24.6 Å². The third-order valence-electron chi connectivity index (χ3n) is 7.81. The van der Waals surface area contributed by atoms with Crippen LogP contribution < -0.4 is 5.32 Å². The molecule has 2 fully saturated rings. The summed E-state index contributed by atoms with van der Waals surface area (Å²) in [6.07, 6.45) is -10.4. The minimum absolute atomic E-state index is 0.00884. The Hall–Kier alpha value is -3.97. The van der Waals surface area contributed by atoms with Gasteiger partial charge in [0.15, 0.2) is 0 Å². The fourth-order valence-electron chi connectivity index (χ4n) is 5.77. The molecule has 43 heavy (non-hydrogen) atoms. The van der Waals surface area contributed by atoms with Crippen molar-refractivity contribution in [2.24, 2.45) is 11.8 Å². The first-order valence-corrected chi connectivity index (χ1v) is 13.3. The van der Waals surface area contributed by atoms with Crippen molar-refractivity contribution in [3.05, 3.63) is 70.0 Å². The predicted octanol–water partition coefficient (Wildman–Crippen LogP) is 4.82. The molecule has 2 aliphatic heterocycles. The van der Waals surface area contributed by atoms with Crippen LogP contribution in [-0.4, -0.2) is 53.6 Å². The zero-order valence-electron chi connectivity index (χ0n) is 23.1. The van der Waals surface area contributed by atoms with E-state index in [9.17, 15) is 49.9 Å². The molecule has 2 atom stereocenters. The maximum Gasteiger partial charge on any atom is 0.416 e. The SMILES string of the molecule is Cc1cc(F)ccc1C1CN(C(=O)C2CC(=O)NC(=O)C2)CCC1C(=O)N(C)Cc1cc(C(F)(F)F)cc(C(F)(F)F)c1. The topological polar surface area (TPSA) is 86.8 Å². The molecule has 2 aromatic carbocycles. The van der Waals surface area contributed by atoms with Gasteiger partial charge in [0.1, 0.15) is 5.82 Å². The third-order valence-corrected chi connectivity index (χ3v) is 7.81. The normalized spacial score (nSPS) is 20.2. The van der Waals surface area contributed by atoms with Gasteiger partial charge < -0.3 is 9.80 Å². The van der Waals surface area contributed by atoms with Crippen LogP contribution in [-0.2, 0) is 38.1 Å². The Kier molecular flexibility index (Phi) is 8.89. The van der Waals surface area contributed by atoms with Gasteiger partial charge in [-0.25, -0.2) is 4.39 Å². The molecule has 2 saturated heterocycles. The standard InChI is InChI=1S/C29H28F7N3O4/c1-15-7-20(30)3-4-21(15)23-14-39(26(42)17-10-24(40)37-25(41)11-17)6-5-22(23)27(43)38(2)13-16-8-18(28(31,32)33)12-19(9-16)29(34,35)36/h3-4,7-9,12,17,22-23H,5-6,10-11,13-14H2,1-2H3,(H,37,40,41). The first kappa shape index (κ1) is 32.0. The summed E-state index contributed by atoms with van der Waals surface area (Å²) in [6.45, 7) is 1.06. The lowest BCUT2D eigenvalue weighted by molar-refractivity contribution is -0.148. The molecule has 0 saturated carbocycles. The van der Waals surface area contributed by atoms with Crippen LogP contribution in [0.2, 0.25) is 0 Å². The fraction of sp³-hybridized carbons (Fsp3) is 0.448. The van der Waals surface area contributed by atoms with E-state index in [1.165, 1.54) is 30.1 Å². The monoisotopic (exact) mass is 615 g/mol. The summed E-state index contributed by atoms with van der Waals surface area (Å²) in [6, 6.07) is 5.01. The number of nitrogens with one attached hydrogen (secondary N) is 1. The van der Waals surface area contributed by atoms with Crippen molar-refractivity contribution in [1.82, 2.24) is 15.1 Å². The third kappa shape index (κ3) is 7.34. The van der Waals surface area contributed by atoms with Crippen molar-refractivity contribution < 1.29 is 49.9 Å². The Bertz CT molecular complexity index is 1390. The van der Waals surface area contributed by atoms with Crippen LogP contribution in [0.15, 0.2) is 36.4 Å². The Morgan fingerprint density at radius 3 is 2.07 bits per heavy atom. The lowest BCUT2D eigenvalue weighted by Crippen LogP contribution is -2.51. The Morgan fingerprint density at radius 2 is 1.53 bits per heavy atom. The van der Waals surface area contributed by atoms with Crippen molar-refractivity contribution in [3.8, 4) is 0 Å². The number of amides is 4. The van der Waals surface area contributed by atoms with Crippen molar-refractivity contribution in [2.45, 2.75) is 51.0 Å².